The van der Waals surface area contributed by atoms with E-state index < -0.39 is 0 Å². The van der Waals surface area contributed by atoms with Gasteiger partial charge in [-0.3, -0.25) is 15.2 Å². The number of para-hydroxylation sites is 1. The van der Waals surface area contributed by atoms with Crippen molar-refractivity contribution < 1.29 is 4.79 Å². The van der Waals surface area contributed by atoms with Crippen LogP contribution in [0.1, 0.15) is 18.9 Å². The number of amides is 1. The first-order valence-corrected chi connectivity index (χ1v) is 7.41. The Bertz CT molecular complexity index is 597. The first kappa shape index (κ1) is 13.7. The maximum Gasteiger partial charge on any atom is 0.241 e. The molecule has 0 saturated heterocycles. The highest BCUT2D eigenvalue weighted by Crippen LogP contribution is 2.37. The first-order valence-electron chi connectivity index (χ1n) is 7.41. The summed E-state index contributed by atoms with van der Waals surface area (Å²) in [7, 11) is 0. The molecule has 3 rings (SSSR count). The Labute approximate surface area is 125 Å². The number of nitrogens with one attached hydrogen (secondary N) is 1. The van der Waals surface area contributed by atoms with E-state index in [1.54, 1.807) is 0 Å². The fourth-order valence-corrected chi connectivity index (χ4v) is 2.47. The molecular formula is C18H20N2O. The fraction of sp³-hybridized carbons (Fsp3) is 0.278. The molecule has 1 aliphatic rings. The monoisotopic (exact) mass is 280 g/mol. The zero-order valence-electron chi connectivity index (χ0n) is 12.2. The minimum atomic E-state index is 0.127. The normalized spacial score (nSPS) is 19.9. The molecular weight excluding hydrogens is 260 g/mol. The lowest BCUT2D eigenvalue weighted by Gasteiger charge is -2.25. The average molecular weight is 280 g/mol. The number of carbonyl (C=O) groups is 1. The van der Waals surface area contributed by atoms with Crippen LogP contribution in [0.2, 0.25) is 0 Å². The smallest absolute Gasteiger partial charge is 0.241 e. The van der Waals surface area contributed by atoms with Gasteiger partial charge >= 0.3 is 0 Å². The lowest BCUT2D eigenvalue weighted by Crippen LogP contribution is -2.43. The second-order valence-electron chi connectivity index (χ2n) is 5.70. The highest BCUT2D eigenvalue weighted by molar-refractivity contribution is 5.82. The van der Waals surface area contributed by atoms with E-state index in [1.807, 2.05) is 53.5 Å². The summed E-state index contributed by atoms with van der Waals surface area (Å²) in [6.45, 7) is 2.78. The number of anilines is 1. The van der Waals surface area contributed by atoms with Crippen molar-refractivity contribution in [2.75, 3.05) is 5.01 Å². The highest BCUT2D eigenvalue weighted by Gasteiger charge is 2.39. The Balaban J connectivity index is 1.76. The number of rotatable bonds is 5. The van der Waals surface area contributed by atoms with Crippen molar-refractivity contribution in [3.8, 4) is 0 Å². The average Bonchev–Trinajstić information content (AvgIpc) is 3.26. The number of hydrazine groups is 1. The van der Waals surface area contributed by atoms with Gasteiger partial charge in [-0.25, -0.2) is 0 Å². The highest BCUT2D eigenvalue weighted by atomic mass is 16.2. The minimum Gasteiger partial charge on any atom is -0.281 e. The van der Waals surface area contributed by atoms with Gasteiger partial charge in [0.1, 0.15) is 0 Å². The predicted octanol–water partition coefficient (Wildman–Crippen LogP) is 3.38. The SMILES string of the molecule is CC1CC1C(=O)NN(Cc1ccccc1)c1ccccc1. The van der Waals surface area contributed by atoms with Gasteiger partial charge in [-0.15, -0.1) is 0 Å². The molecule has 1 N–H and O–H groups in total. The van der Waals surface area contributed by atoms with Gasteiger partial charge in [0.15, 0.2) is 0 Å². The third-order valence-electron chi connectivity index (χ3n) is 3.94. The van der Waals surface area contributed by atoms with Crippen LogP contribution in [0.25, 0.3) is 0 Å². The first-order chi connectivity index (χ1) is 10.2. The number of nitrogens with zero attached hydrogens (tertiary/aromatic N) is 1. The zero-order chi connectivity index (χ0) is 14.7. The van der Waals surface area contributed by atoms with Gasteiger partial charge in [0, 0.05) is 5.92 Å². The molecule has 3 heteroatoms. The van der Waals surface area contributed by atoms with Crippen molar-refractivity contribution in [3.05, 3.63) is 66.2 Å². The molecule has 0 radical (unpaired) electrons. The van der Waals surface area contributed by atoms with Crippen LogP contribution in [0.5, 0.6) is 0 Å². The van der Waals surface area contributed by atoms with Crippen LogP contribution in [-0.2, 0) is 11.3 Å². The quantitative estimate of drug-likeness (QED) is 0.852. The summed E-state index contributed by atoms with van der Waals surface area (Å²) in [5.74, 6) is 0.814. The van der Waals surface area contributed by atoms with Crippen molar-refractivity contribution in [2.24, 2.45) is 11.8 Å². The molecule has 3 nitrogen and oxygen atoms in total. The van der Waals surface area contributed by atoms with Crippen molar-refractivity contribution in [1.29, 1.82) is 0 Å². The number of benzene rings is 2. The van der Waals surface area contributed by atoms with Gasteiger partial charge in [-0.2, -0.15) is 0 Å². The summed E-state index contributed by atoms with van der Waals surface area (Å²) in [6, 6.07) is 20.2. The molecule has 21 heavy (non-hydrogen) atoms. The summed E-state index contributed by atoms with van der Waals surface area (Å²) >= 11 is 0. The molecule has 2 atom stereocenters. The van der Waals surface area contributed by atoms with Gasteiger partial charge in [0.05, 0.1) is 12.2 Å². The topological polar surface area (TPSA) is 32.3 Å². The lowest BCUT2D eigenvalue weighted by atomic mass is 10.2. The molecule has 1 aliphatic carbocycles. The van der Waals surface area contributed by atoms with Crippen molar-refractivity contribution in [3.63, 3.8) is 0 Å². The van der Waals surface area contributed by atoms with Crippen LogP contribution < -0.4 is 10.4 Å². The van der Waals surface area contributed by atoms with E-state index in [-0.39, 0.29) is 11.8 Å². The van der Waals surface area contributed by atoms with Gasteiger partial charge in [0.25, 0.3) is 0 Å². The second-order valence-corrected chi connectivity index (χ2v) is 5.70. The van der Waals surface area contributed by atoms with Crippen LogP contribution in [0.3, 0.4) is 0 Å². The minimum absolute atomic E-state index is 0.127. The molecule has 0 bridgehead atoms. The molecule has 0 aromatic heterocycles. The predicted molar refractivity (Wildman–Crippen MR) is 84.5 cm³/mol. The molecule has 1 fully saturated rings. The third kappa shape index (κ3) is 3.43. The standard InChI is InChI=1S/C18H20N2O/c1-14-12-17(14)18(21)19-20(16-10-6-3-7-11-16)13-15-8-4-2-5-9-15/h2-11,14,17H,12-13H2,1H3,(H,19,21). The third-order valence-corrected chi connectivity index (χ3v) is 3.94. The molecule has 1 saturated carbocycles. The van der Waals surface area contributed by atoms with E-state index >= 15 is 0 Å². The van der Waals surface area contributed by atoms with Crippen molar-refractivity contribution in [2.45, 2.75) is 19.9 Å². The van der Waals surface area contributed by atoms with E-state index in [9.17, 15) is 4.79 Å². The molecule has 0 aliphatic heterocycles. The molecule has 2 aromatic rings. The molecule has 2 unspecified atom stereocenters. The van der Waals surface area contributed by atoms with Gasteiger partial charge in [-0.1, -0.05) is 55.5 Å². The molecule has 0 spiro atoms. The summed E-state index contributed by atoms with van der Waals surface area (Å²) in [6.07, 6.45) is 1.000. The van der Waals surface area contributed by atoms with Gasteiger partial charge < -0.3 is 0 Å². The number of hydrogen-bond acceptors (Lipinski definition) is 2. The van der Waals surface area contributed by atoms with Crippen LogP contribution in [-0.4, -0.2) is 5.91 Å². The molecule has 0 heterocycles. The summed E-state index contributed by atoms with van der Waals surface area (Å²) in [4.78, 5) is 12.2. The second kappa shape index (κ2) is 6.00. The van der Waals surface area contributed by atoms with E-state index in [4.69, 9.17) is 0 Å². The van der Waals surface area contributed by atoms with Crippen LogP contribution in [0.4, 0.5) is 5.69 Å². The molecule has 1 amide bonds. The van der Waals surface area contributed by atoms with Crippen LogP contribution in [0.15, 0.2) is 60.7 Å². The summed E-state index contributed by atoms with van der Waals surface area (Å²) in [5.41, 5.74) is 5.24. The van der Waals surface area contributed by atoms with Gasteiger partial charge in [-0.05, 0) is 30.0 Å². The Morgan fingerprint density at radius 3 is 2.24 bits per heavy atom. The number of hydrogen-bond donors (Lipinski definition) is 1. The number of carbonyl (C=O) groups excluding carboxylic acids is 1. The van der Waals surface area contributed by atoms with Gasteiger partial charge in [0.2, 0.25) is 5.91 Å². The Hall–Kier alpha value is -2.29. The van der Waals surface area contributed by atoms with E-state index in [0.717, 1.165) is 12.1 Å². The summed E-state index contributed by atoms with van der Waals surface area (Å²) in [5, 5.41) is 1.93. The summed E-state index contributed by atoms with van der Waals surface area (Å²) < 4.78 is 0. The molecule has 108 valence electrons. The van der Waals surface area contributed by atoms with Crippen LogP contribution in [0, 0.1) is 11.8 Å². The van der Waals surface area contributed by atoms with Crippen molar-refractivity contribution in [1.82, 2.24) is 5.43 Å². The molecule has 2 aromatic carbocycles. The largest absolute Gasteiger partial charge is 0.281 e. The maximum absolute atomic E-state index is 12.2. The Morgan fingerprint density at radius 1 is 1.10 bits per heavy atom. The maximum atomic E-state index is 12.2. The van der Waals surface area contributed by atoms with E-state index in [1.165, 1.54) is 5.56 Å². The van der Waals surface area contributed by atoms with Crippen LogP contribution >= 0.6 is 0 Å². The Morgan fingerprint density at radius 2 is 1.67 bits per heavy atom. The lowest BCUT2D eigenvalue weighted by molar-refractivity contribution is -0.122. The Kier molecular flexibility index (Phi) is 3.91. The fourth-order valence-electron chi connectivity index (χ4n) is 2.47. The van der Waals surface area contributed by atoms with E-state index in [0.29, 0.717) is 12.5 Å². The van der Waals surface area contributed by atoms with Crippen molar-refractivity contribution >= 4 is 11.6 Å². The van der Waals surface area contributed by atoms with E-state index in [2.05, 4.69) is 24.5 Å². The zero-order valence-corrected chi connectivity index (χ0v) is 12.2.